The molecule has 1 aliphatic heterocycles. The van der Waals surface area contributed by atoms with E-state index in [1.165, 1.54) is 0 Å². The first-order valence-electron chi connectivity index (χ1n) is 7.24. The summed E-state index contributed by atoms with van der Waals surface area (Å²) in [5, 5.41) is 5.82. The smallest absolute Gasteiger partial charge is 0.274 e. The number of thiazole rings is 1. The molecule has 1 amide bonds. The number of nitrogens with one attached hydrogen (secondary N) is 2. The number of hydrogen-bond donors (Lipinski definition) is 2. The molecule has 2 N–H and O–H groups in total. The quantitative estimate of drug-likeness (QED) is 0.856. The number of carbonyl (C=O) groups is 1. The van der Waals surface area contributed by atoms with Gasteiger partial charge in [-0.05, 0) is 36.6 Å². The van der Waals surface area contributed by atoms with E-state index in [2.05, 4.69) is 34.5 Å². The van der Waals surface area contributed by atoms with Crippen molar-refractivity contribution in [1.82, 2.24) is 15.6 Å². The van der Waals surface area contributed by atoms with Gasteiger partial charge in [-0.15, -0.1) is 11.3 Å². The van der Waals surface area contributed by atoms with Gasteiger partial charge in [0.1, 0.15) is 5.70 Å². The predicted octanol–water partition coefficient (Wildman–Crippen LogP) is 2.76. The van der Waals surface area contributed by atoms with E-state index in [9.17, 15) is 4.79 Å². The zero-order valence-electron chi connectivity index (χ0n) is 12.8. The van der Waals surface area contributed by atoms with E-state index >= 15 is 0 Å². The van der Waals surface area contributed by atoms with Crippen molar-refractivity contribution in [3.05, 3.63) is 35.0 Å². The van der Waals surface area contributed by atoms with Crippen LogP contribution in [0, 0.1) is 5.92 Å². The van der Waals surface area contributed by atoms with Crippen LogP contribution in [-0.2, 0) is 4.79 Å². The van der Waals surface area contributed by atoms with Crippen molar-refractivity contribution in [3.8, 4) is 0 Å². The normalized spacial score (nSPS) is 19.9. The zero-order chi connectivity index (χ0) is 15.7. The number of amides is 1. The van der Waals surface area contributed by atoms with Crippen LogP contribution in [0.25, 0.3) is 16.3 Å². The van der Waals surface area contributed by atoms with Crippen LogP contribution in [0.2, 0.25) is 0 Å². The molecule has 1 atom stereocenters. The van der Waals surface area contributed by atoms with Gasteiger partial charge in [0.25, 0.3) is 5.91 Å². The van der Waals surface area contributed by atoms with Crippen LogP contribution in [-0.4, -0.2) is 22.9 Å². The second-order valence-corrected chi connectivity index (χ2v) is 6.57. The van der Waals surface area contributed by atoms with Gasteiger partial charge in [0, 0.05) is 0 Å². The molecule has 1 aromatic carbocycles. The van der Waals surface area contributed by atoms with Crippen molar-refractivity contribution < 1.29 is 4.79 Å². The standard InChI is InChI=1S/C16H18N4OS/c1-9(2)10(3)18-16-19-13(15(21)20-16)6-11-4-5-12-14(7-11)22-8-17-12/h4-10H,1-3H3,(H2,18,19,20,21)/b13-6-/t10-/m1/s1. The Balaban J connectivity index is 1.83. The van der Waals surface area contributed by atoms with Gasteiger partial charge in [-0.3, -0.25) is 10.1 Å². The maximum absolute atomic E-state index is 12.0. The minimum atomic E-state index is -0.154. The van der Waals surface area contributed by atoms with Crippen LogP contribution in [0.5, 0.6) is 0 Å². The minimum Gasteiger partial charge on any atom is -0.321 e. The largest absolute Gasteiger partial charge is 0.321 e. The van der Waals surface area contributed by atoms with Gasteiger partial charge in [-0.1, -0.05) is 19.9 Å². The van der Waals surface area contributed by atoms with Gasteiger partial charge in [-0.2, -0.15) is 0 Å². The van der Waals surface area contributed by atoms with Crippen LogP contribution >= 0.6 is 11.3 Å². The number of carbonyl (C=O) groups excluding carboxylic acids is 1. The predicted molar refractivity (Wildman–Crippen MR) is 90.6 cm³/mol. The van der Waals surface area contributed by atoms with E-state index in [4.69, 9.17) is 0 Å². The van der Waals surface area contributed by atoms with Gasteiger partial charge in [0.15, 0.2) is 0 Å². The molecule has 1 saturated heterocycles. The molecule has 3 rings (SSSR count). The lowest BCUT2D eigenvalue weighted by atomic mass is 10.1. The lowest BCUT2D eigenvalue weighted by Crippen LogP contribution is -2.27. The second-order valence-electron chi connectivity index (χ2n) is 5.68. The van der Waals surface area contributed by atoms with Crippen molar-refractivity contribution in [2.24, 2.45) is 10.9 Å². The average molecular weight is 314 g/mol. The summed E-state index contributed by atoms with van der Waals surface area (Å²) in [4.78, 5) is 20.8. The Hall–Kier alpha value is -2.21. The molecule has 1 aliphatic rings. The van der Waals surface area contributed by atoms with E-state index in [0.717, 1.165) is 15.8 Å². The Morgan fingerprint density at radius 2 is 2.09 bits per heavy atom. The highest BCUT2D eigenvalue weighted by atomic mass is 32.1. The summed E-state index contributed by atoms with van der Waals surface area (Å²) in [6.07, 6.45) is 1.83. The topological polar surface area (TPSA) is 66.4 Å². The number of fused-ring (bicyclic) bond motifs is 1. The summed E-state index contributed by atoms with van der Waals surface area (Å²) < 4.78 is 1.11. The molecule has 1 fully saturated rings. The van der Waals surface area contributed by atoms with Gasteiger partial charge in [-0.25, -0.2) is 9.98 Å². The number of aliphatic imine (C=N–C) groups is 1. The Morgan fingerprint density at radius 1 is 1.27 bits per heavy atom. The SMILES string of the molecule is CC(C)[C@@H](C)N=C1NC(=O)/C(=C/c2ccc3ncsc3c2)N1. The molecule has 0 spiro atoms. The van der Waals surface area contributed by atoms with Crippen molar-refractivity contribution >= 4 is 39.5 Å². The third-order valence-corrected chi connectivity index (χ3v) is 4.49. The van der Waals surface area contributed by atoms with Gasteiger partial charge < -0.3 is 5.32 Å². The van der Waals surface area contributed by atoms with Crippen LogP contribution in [0.15, 0.2) is 34.4 Å². The Kier molecular flexibility index (Phi) is 3.94. The summed E-state index contributed by atoms with van der Waals surface area (Å²) in [6.45, 7) is 6.24. The number of hydrogen-bond acceptors (Lipinski definition) is 4. The fourth-order valence-electron chi connectivity index (χ4n) is 2.04. The lowest BCUT2D eigenvalue weighted by Gasteiger charge is -2.10. The molecule has 6 heteroatoms. The third kappa shape index (κ3) is 3.01. The fraction of sp³-hybridized carbons (Fsp3) is 0.312. The second kappa shape index (κ2) is 5.88. The number of benzene rings is 1. The van der Waals surface area contributed by atoms with E-state index < -0.39 is 0 Å². The highest BCUT2D eigenvalue weighted by Gasteiger charge is 2.22. The van der Waals surface area contributed by atoms with Gasteiger partial charge in [0.05, 0.1) is 21.8 Å². The molecule has 114 valence electrons. The average Bonchev–Trinajstić information content (AvgIpc) is 3.05. The number of rotatable bonds is 3. The minimum absolute atomic E-state index is 0.149. The lowest BCUT2D eigenvalue weighted by molar-refractivity contribution is -0.115. The van der Waals surface area contributed by atoms with Gasteiger partial charge in [0.2, 0.25) is 5.96 Å². The van der Waals surface area contributed by atoms with Crippen molar-refractivity contribution in [2.45, 2.75) is 26.8 Å². The monoisotopic (exact) mass is 314 g/mol. The molecule has 2 heterocycles. The molecular weight excluding hydrogens is 296 g/mol. The van der Waals surface area contributed by atoms with Crippen LogP contribution in [0.1, 0.15) is 26.3 Å². The molecule has 0 bridgehead atoms. The first-order valence-corrected chi connectivity index (χ1v) is 8.12. The zero-order valence-corrected chi connectivity index (χ0v) is 13.6. The number of aromatic nitrogens is 1. The third-order valence-electron chi connectivity index (χ3n) is 3.69. The first-order chi connectivity index (χ1) is 10.5. The maximum Gasteiger partial charge on any atom is 0.274 e. The number of nitrogens with zero attached hydrogens (tertiary/aromatic N) is 2. The van der Waals surface area contributed by atoms with E-state index in [0.29, 0.717) is 17.6 Å². The summed E-state index contributed by atoms with van der Waals surface area (Å²) in [7, 11) is 0. The van der Waals surface area contributed by atoms with Crippen LogP contribution in [0.4, 0.5) is 0 Å². The van der Waals surface area contributed by atoms with E-state index in [1.807, 2.05) is 36.7 Å². The molecule has 0 unspecified atom stereocenters. The molecule has 0 aliphatic carbocycles. The summed E-state index contributed by atoms with van der Waals surface area (Å²) >= 11 is 1.59. The van der Waals surface area contributed by atoms with Gasteiger partial charge >= 0.3 is 0 Å². The summed E-state index contributed by atoms with van der Waals surface area (Å²) in [6, 6.07) is 6.09. The summed E-state index contributed by atoms with van der Waals surface area (Å²) in [5.74, 6) is 0.795. The van der Waals surface area contributed by atoms with Crippen LogP contribution < -0.4 is 10.6 Å². The molecule has 22 heavy (non-hydrogen) atoms. The molecule has 0 radical (unpaired) electrons. The molecule has 1 aromatic heterocycles. The Morgan fingerprint density at radius 3 is 2.86 bits per heavy atom. The maximum atomic E-state index is 12.0. The summed E-state index contributed by atoms with van der Waals surface area (Å²) in [5.41, 5.74) is 4.27. The fourth-order valence-corrected chi connectivity index (χ4v) is 2.76. The Bertz CT molecular complexity index is 775. The molecule has 2 aromatic rings. The first kappa shape index (κ1) is 14.7. The molecule has 5 nitrogen and oxygen atoms in total. The Labute approximate surface area is 133 Å². The molecular formula is C16H18N4OS. The number of guanidine groups is 1. The molecule has 0 saturated carbocycles. The van der Waals surface area contributed by atoms with E-state index in [-0.39, 0.29) is 11.9 Å². The van der Waals surface area contributed by atoms with Crippen LogP contribution in [0.3, 0.4) is 0 Å². The van der Waals surface area contributed by atoms with E-state index in [1.54, 1.807) is 11.3 Å². The van der Waals surface area contributed by atoms with Crippen molar-refractivity contribution in [3.63, 3.8) is 0 Å². The van der Waals surface area contributed by atoms with Crippen molar-refractivity contribution in [2.75, 3.05) is 0 Å². The van der Waals surface area contributed by atoms with Crippen molar-refractivity contribution in [1.29, 1.82) is 0 Å². The highest BCUT2D eigenvalue weighted by Crippen LogP contribution is 2.20. The highest BCUT2D eigenvalue weighted by molar-refractivity contribution is 7.16.